The summed E-state index contributed by atoms with van der Waals surface area (Å²) in [5, 5.41) is 77.4. The van der Waals surface area contributed by atoms with Gasteiger partial charge in [0.2, 0.25) is 0 Å². The molecule has 0 aliphatic carbocycles. The molecular formula is C12H22O10. The van der Waals surface area contributed by atoms with Crippen LogP contribution in [0.15, 0.2) is 0 Å². The number of rotatable bonds is 3. The first-order valence-electron chi connectivity index (χ1n) is 6.94. The van der Waals surface area contributed by atoms with E-state index >= 15 is 0 Å². The molecule has 10 atom stereocenters. The Labute approximate surface area is 125 Å². The minimum Gasteiger partial charge on any atom is -0.394 e. The highest BCUT2D eigenvalue weighted by Crippen LogP contribution is 2.28. The average molecular weight is 326 g/mol. The summed E-state index contributed by atoms with van der Waals surface area (Å²) in [5.41, 5.74) is 0. The van der Waals surface area contributed by atoms with Crippen molar-refractivity contribution in [2.24, 2.45) is 0 Å². The molecule has 1 unspecified atom stereocenters. The van der Waals surface area contributed by atoms with Gasteiger partial charge in [-0.25, -0.2) is 0 Å². The second-order valence-corrected chi connectivity index (χ2v) is 5.63. The zero-order chi connectivity index (χ0) is 16.6. The average Bonchev–Trinajstić information content (AvgIpc) is 2.50. The maximum atomic E-state index is 10.2. The SMILES string of the molecule is OC[C@H]1O[C@@H](C(O)[C@@H]2OC[C@@H](O)[C@H](O)[C@H]2O)[C@H](O)[C@@H](O)[C@@H]1O. The maximum Gasteiger partial charge on any atom is 0.115 e. The summed E-state index contributed by atoms with van der Waals surface area (Å²) in [5.74, 6) is 0. The molecule has 2 heterocycles. The molecule has 0 aromatic heterocycles. The fraction of sp³-hybridized carbons (Fsp3) is 1.00. The van der Waals surface area contributed by atoms with Gasteiger partial charge in [-0.1, -0.05) is 0 Å². The molecule has 2 saturated heterocycles. The first-order chi connectivity index (χ1) is 10.3. The van der Waals surface area contributed by atoms with Crippen LogP contribution in [0, 0.1) is 0 Å². The quantitative estimate of drug-likeness (QED) is 0.249. The molecule has 2 aliphatic heterocycles. The van der Waals surface area contributed by atoms with Gasteiger partial charge >= 0.3 is 0 Å². The zero-order valence-corrected chi connectivity index (χ0v) is 11.6. The smallest absolute Gasteiger partial charge is 0.115 e. The summed E-state index contributed by atoms with van der Waals surface area (Å²) >= 11 is 0. The summed E-state index contributed by atoms with van der Waals surface area (Å²) in [6.07, 6.45) is -15.2. The molecule has 0 aromatic carbocycles. The van der Waals surface area contributed by atoms with E-state index in [1.54, 1.807) is 0 Å². The van der Waals surface area contributed by atoms with Crippen LogP contribution in [-0.4, -0.2) is 115 Å². The molecule has 0 radical (unpaired) electrons. The van der Waals surface area contributed by atoms with Crippen LogP contribution in [-0.2, 0) is 9.47 Å². The van der Waals surface area contributed by atoms with E-state index in [2.05, 4.69) is 0 Å². The Morgan fingerprint density at radius 2 is 1.41 bits per heavy atom. The molecule has 130 valence electrons. The van der Waals surface area contributed by atoms with Crippen LogP contribution < -0.4 is 0 Å². The molecule has 0 saturated carbocycles. The molecule has 0 amide bonds. The number of hydrogen-bond acceptors (Lipinski definition) is 10. The Morgan fingerprint density at radius 3 is 2.00 bits per heavy atom. The minimum absolute atomic E-state index is 0.350. The predicted octanol–water partition coefficient (Wildman–Crippen LogP) is -5.33. The van der Waals surface area contributed by atoms with Crippen LogP contribution in [0.2, 0.25) is 0 Å². The molecule has 8 N–H and O–H groups in total. The van der Waals surface area contributed by atoms with Gasteiger partial charge in [-0.05, 0) is 0 Å². The third kappa shape index (κ3) is 3.12. The highest BCUT2D eigenvalue weighted by molar-refractivity contribution is 5.00. The van der Waals surface area contributed by atoms with E-state index in [-0.39, 0.29) is 6.61 Å². The van der Waals surface area contributed by atoms with Gasteiger partial charge in [-0.3, -0.25) is 0 Å². The Kier molecular flexibility index (Phi) is 5.72. The molecule has 22 heavy (non-hydrogen) atoms. The molecule has 0 spiro atoms. The molecule has 2 fully saturated rings. The summed E-state index contributed by atoms with van der Waals surface area (Å²) in [6.45, 7) is -1.01. The van der Waals surface area contributed by atoms with Crippen molar-refractivity contribution in [3.05, 3.63) is 0 Å². The third-order valence-corrected chi connectivity index (χ3v) is 4.14. The fourth-order valence-corrected chi connectivity index (χ4v) is 2.73. The first kappa shape index (κ1) is 17.9. The lowest BCUT2D eigenvalue weighted by atomic mass is 9.87. The minimum atomic E-state index is -1.70. The van der Waals surface area contributed by atoms with Gasteiger partial charge in [0, 0.05) is 0 Å². The van der Waals surface area contributed by atoms with Crippen molar-refractivity contribution in [1.82, 2.24) is 0 Å². The number of aliphatic hydroxyl groups excluding tert-OH is 8. The lowest BCUT2D eigenvalue weighted by Crippen LogP contribution is -2.66. The van der Waals surface area contributed by atoms with Crippen molar-refractivity contribution in [1.29, 1.82) is 0 Å². The van der Waals surface area contributed by atoms with Gasteiger partial charge in [0.25, 0.3) is 0 Å². The van der Waals surface area contributed by atoms with Crippen molar-refractivity contribution < 1.29 is 50.3 Å². The Balaban J connectivity index is 2.12. The maximum absolute atomic E-state index is 10.2. The highest BCUT2D eigenvalue weighted by Gasteiger charge is 2.51. The molecule has 0 bridgehead atoms. The molecule has 0 aromatic rings. The van der Waals surface area contributed by atoms with Crippen LogP contribution in [0.4, 0.5) is 0 Å². The van der Waals surface area contributed by atoms with Crippen molar-refractivity contribution in [2.75, 3.05) is 13.2 Å². The van der Waals surface area contributed by atoms with Gasteiger partial charge in [0.05, 0.1) is 13.2 Å². The normalized spacial score (nSPS) is 51.5. The second kappa shape index (κ2) is 7.01. The predicted molar refractivity (Wildman–Crippen MR) is 67.5 cm³/mol. The second-order valence-electron chi connectivity index (χ2n) is 5.63. The third-order valence-electron chi connectivity index (χ3n) is 4.14. The summed E-state index contributed by atoms with van der Waals surface area (Å²) < 4.78 is 10.2. The van der Waals surface area contributed by atoms with E-state index in [1.807, 2.05) is 0 Å². The Bertz CT molecular complexity index is 366. The topological polar surface area (TPSA) is 180 Å². The van der Waals surface area contributed by atoms with E-state index < -0.39 is 67.6 Å². The monoisotopic (exact) mass is 326 g/mol. The standard InChI is InChI=1S/C12H22O10/c13-1-4-6(16)7(17)9(19)12(22-4)10(20)11-8(18)5(15)3(14)2-21-11/h3-20H,1-2H2/t3-,4-,5+,6-,7+,8-,9-,10?,11-,12-/m1/s1. The van der Waals surface area contributed by atoms with E-state index in [0.717, 1.165) is 0 Å². The van der Waals surface area contributed by atoms with E-state index in [0.29, 0.717) is 0 Å². The molecule has 10 nitrogen and oxygen atoms in total. The van der Waals surface area contributed by atoms with E-state index in [9.17, 15) is 35.7 Å². The molecule has 2 aliphatic rings. The van der Waals surface area contributed by atoms with Crippen molar-refractivity contribution in [3.8, 4) is 0 Å². The van der Waals surface area contributed by atoms with E-state index in [4.69, 9.17) is 14.6 Å². The van der Waals surface area contributed by atoms with Gasteiger partial charge in [0.15, 0.2) is 0 Å². The van der Waals surface area contributed by atoms with E-state index in [1.165, 1.54) is 0 Å². The fourth-order valence-electron chi connectivity index (χ4n) is 2.73. The largest absolute Gasteiger partial charge is 0.394 e. The summed E-state index contributed by atoms with van der Waals surface area (Å²) in [6, 6.07) is 0. The highest BCUT2D eigenvalue weighted by atomic mass is 16.6. The lowest BCUT2D eigenvalue weighted by molar-refractivity contribution is -0.279. The first-order valence-corrected chi connectivity index (χ1v) is 6.94. The number of ether oxygens (including phenoxy) is 2. The zero-order valence-electron chi connectivity index (χ0n) is 11.6. The van der Waals surface area contributed by atoms with Crippen molar-refractivity contribution >= 4 is 0 Å². The summed E-state index contributed by atoms with van der Waals surface area (Å²) in [7, 11) is 0. The molecular weight excluding hydrogens is 304 g/mol. The van der Waals surface area contributed by atoms with Crippen molar-refractivity contribution in [2.45, 2.75) is 61.0 Å². The van der Waals surface area contributed by atoms with Crippen LogP contribution in [0.1, 0.15) is 0 Å². The number of hydrogen-bond donors (Lipinski definition) is 8. The number of aliphatic hydroxyl groups is 8. The van der Waals surface area contributed by atoms with Crippen LogP contribution >= 0.6 is 0 Å². The van der Waals surface area contributed by atoms with Gasteiger partial charge in [0.1, 0.15) is 61.0 Å². The Hall–Kier alpha value is -0.400. The summed E-state index contributed by atoms with van der Waals surface area (Å²) in [4.78, 5) is 0. The van der Waals surface area contributed by atoms with Gasteiger partial charge in [-0.2, -0.15) is 0 Å². The lowest BCUT2D eigenvalue weighted by Gasteiger charge is -2.45. The van der Waals surface area contributed by atoms with Crippen LogP contribution in [0.3, 0.4) is 0 Å². The van der Waals surface area contributed by atoms with Crippen LogP contribution in [0.25, 0.3) is 0 Å². The van der Waals surface area contributed by atoms with Gasteiger partial charge < -0.3 is 50.3 Å². The molecule has 10 heteroatoms. The van der Waals surface area contributed by atoms with Crippen LogP contribution in [0.5, 0.6) is 0 Å². The van der Waals surface area contributed by atoms with Gasteiger partial charge in [-0.15, -0.1) is 0 Å². The Morgan fingerprint density at radius 1 is 0.818 bits per heavy atom. The molecule has 2 rings (SSSR count). The van der Waals surface area contributed by atoms with Crippen molar-refractivity contribution in [3.63, 3.8) is 0 Å².